The summed E-state index contributed by atoms with van der Waals surface area (Å²) < 4.78 is 6.02. The molecule has 2 rings (SSSR count). The molecule has 0 atom stereocenters. The summed E-state index contributed by atoms with van der Waals surface area (Å²) >= 11 is 0. The number of nitrogens with zero attached hydrogens (tertiary/aromatic N) is 1. The van der Waals surface area contributed by atoms with Crippen LogP contribution in [0.5, 0.6) is 0 Å². The molecule has 3 N–H and O–H groups in total. The van der Waals surface area contributed by atoms with Crippen molar-refractivity contribution >= 4 is 11.9 Å². The van der Waals surface area contributed by atoms with Crippen LogP contribution >= 0.6 is 0 Å². The SMILES string of the molecule is CCNC(=NCCCCOC1CCCCCC1)NCCNC(=O)C1CC1. The molecule has 0 unspecified atom stereocenters. The number of carbonyl (C=O) groups is 1. The molecule has 2 aliphatic carbocycles. The average Bonchev–Trinajstić information content (AvgIpc) is 3.48. The molecule has 0 spiro atoms. The first-order valence-electron chi connectivity index (χ1n) is 10.7. The lowest BCUT2D eigenvalue weighted by Gasteiger charge is -2.15. The highest BCUT2D eigenvalue weighted by Crippen LogP contribution is 2.28. The van der Waals surface area contributed by atoms with Crippen molar-refractivity contribution in [1.29, 1.82) is 0 Å². The number of guanidine groups is 1. The van der Waals surface area contributed by atoms with E-state index in [0.29, 0.717) is 19.2 Å². The zero-order valence-electron chi connectivity index (χ0n) is 16.5. The molecule has 1 amide bonds. The van der Waals surface area contributed by atoms with E-state index in [1.165, 1.54) is 38.5 Å². The molecule has 0 heterocycles. The largest absolute Gasteiger partial charge is 0.378 e. The van der Waals surface area contributed by atoms with Gasteiger partial charge in [-0.3, -0.25) is 9.79 Å². The first-order chi connectivity index (χ1) is 12.8. The highest BCUT2D eigenvalue weighted by Gasteiger charge is 2.28. The molecule has 0 saturated heterocycles. The second-order valence-electron chi connectivity index (χ2n) is 7.44. The lowest BCUT2D eigenvalue weighted by atomic mass is 10.1. The van der Waals surface area contributed by atoms with Crippen LogP contribution in [0.15, 0.2) is 4.99 Å². The maximum absolute atomic E-state index is 11.6. The van der Waals surface area contributed by atoms with Crippen LogP contribution in [0.3, 0.4) is 0 Å². The summed E-state index contributed by atoms with van der Waals surface area (Å²) in [5.74, 6) is 1.30. The van der Waals surface area contributed by atoms with E-state index in [9.17, 15) is 4.79 Å². The van der Waals surface area contributed by atoms with Crippen molar-refractivity contribution in [3.05, 3.63) is 0 Å². The minimum Gasteiger partial charge on any atom is -0.378 e. The van der Waals surface area contributed by atoms with Gasteiger partial charge in [0, 0.05) is 38.7 Å². The lowest BCUT2D eigenvalue weighted by molar-refractivity contribution is -0.122. The fraction of sp³-hybridized carbons (Fsp3) is 0.900. The monoisotopic (exact) mass is 366 g/mol. The topological polar surface area (TPSA) is 74.8 Å². The van der Waals surface area contributed by atoms with E-state index in [1.807, 2.05) is 0 Å². The van der Waals surface area contributed by atoms with Crippen molar-refractivity contribution in [3.63, 3.8) is 0 Å². The quantitative estimate of drug-likeness (QED) is 0.227. The molecule has 26 heavy (non-hydrogen) atoms. The zero-order valence-corrected chi connectivity index (χ0v) is 16.5. The van der Waals surface area contributed by atoms with Gasteiger partial charge in [-0.25, -0.2) is 0 Å². The maximum Gasteiger partial charge on any atom is 0.223 e. The van der Waals surface area contributed by atoms with Crippen LogP contribution in [-0.2, 0) is 9.53 Å². The second-order valence-corrected chi connectivity index (χ2v) is 7.44. The summed E-state index contributed by atoms with van der Waals surface area (Å²) in [6.45, 7) is 5.91. The Bertz CT molecular complexity index is 416. The number of ether oxygens (including phenoxy) is 1. The molecule has 6 heteroatoms. The average molecular weight is 367 g/mol. The van der Waals surface area contributed by atoms with Crippen molar-refractivity contribution in [1.82, 2.24) is 16.0 Å². The number of carbonyl (C=O) groups excluding carboxylic acids is 1. The molecule has 6 nitrogen and oxygen atoms in total. The lowest BCUT2D eigenvalue weighted by Crippen LogP contribution is -2.41. The molecule has 0 aromatic heterocycles. The van der Waals surface area contributed by atoms with E-state index in [0.717, 1.165) is 51.3 Å². The molecule has 150 valence electrons. The molecule has 0 radical (unpaired) electrons. The molecule has 2 aliphatic rings. The number of hydrogen-bond donors (Lipinski definition) is 3. The highest BCUT2D eigenvalue weighted by atomic mass is 16.5. The van der Waals surface area contributed by atoms with Gasteiger partial charge in [0.25, 0.3) is 0 Å². The number of amides is 1. The van der Waals surface area contributed by atoms with Crippen LogP contribution in [0.4, 0.5) is 0 Å². The molecule has 2 fully saturated rings. The summed E-state index contributed by atoms with van der Waals surface area (Å²) in [6.07, 6.45) is 12.6. The van der Waals surface area contributed by atoms with Gasteiger partial charge < -0.3 is 20.7 Å². The van der Waals surface area contributed by atoms with Crippen molar-refractivity contribution < 1.29 is 9.53 Å². The standard InChI is InChI=1S/C20H38N4O2/c1-2-21-20(24-15-14-22-19(25)17-11-12-17)23-13-7-8-16-26-18-9-5-3-4-6-10-18/h17-18H,2-16H2,1H3,(H,22,25)(H2,21,23,24). The van der Waals surface area contributed by atoms with Crippen molar-refractivity contribution in [2.24, 2.45) is 10.9 Å². The van der Waals surface area contributed by atoms with Crippen LogP contribution in [0.2, 0.25) is 0 Å². The third-order valence-corrected chi connectivity index (χ3v) is 4.99. The first kappa shape index (κ1) is 21.0. The van der Waals surface area contributed by atoms with Gasteiger partial charge in [0.2, 0.25) is 5.91 Å². The number of unbranched alkanes of at least 4 members (excludes halogenated alkanes) is 1. The van der Waals surface area contributed by atoms with E-state index in [-0.39, 0.29) is 11.8 Å². The Hall–Kier alpha value is -1.30. The fourth-order valence-corrected chi connectivity index (χ4v) is 3.26. The zero-order chi connectivity index (χ0) is 18.5. The van der Waals surface area contributed by atoms with Gasteiger partial charge in [-0.15, -0.1) is 0 Å². The summed E-state index contributed by atoms with van der Waals surface area (Å²) in [5.41, 5.74) is 0. The van der Waals surface area contributed by atoms with E-state index < -0.39 is 0 Å². The predicted octanol–water partition coefficient (Wildman–Crippen LogP) is 2.59. The number of nitrogens with one attached hydrogen (secondary N) is 3. The third-order valence-electron chi connectivity index (χ3n) is 4.99. The fourth-order valence-electron chi connectivity index (χ4n) is 3.26. The minimum absolute atomic E-state index is 0.197. The Labute approximate surface area is 158 Å². The number of rotatable bonds is 11. The molecule has 0 aromatic rings. The van der Waals surface area contributed by atoms with Crippen LogP contribution in [0, 0.1) is 5.92 Å². The maximum atomic E-state index is 11.6. The molecule has 0 bridgehead atoms. The second kappa shape index (κ2) is 13.0. The molecular formula is C20H38N4O2. The summed E-state index contributed by atoms with van der Waals surface area (Å²) in [4.78, 5) is 16.2. The van der Waals surface area contributed by atoms with Crippen molar-refractivity contribution in [2.45, 2.75) is 77.2 Å². The van der Waals surface area contributed by atoms with Gasteiger partial charge in [-0.2, -0.15) is 0 Å². The molecule has 2 saturated carbocycles. The predicted molar refractivity (Wildman–Crippen MR) is 106 cm³/mol. The Morgan fingerprint density at radius 1 is 0.962 bits per heavy atom. The Kier molecular flexibility index (Phi) is 10.5. The van der Waals surface area contributed by atoms with Gasteiger partial charge in [0.05, 0.1) is 6.10 Å². The molecular weight excluding hydrogens is 328 g/mol. The van der Waals surface area contributed by atoms with Gasteiger partial charge >= 0.3 is 0 Å². The van der Waals surface area contributed by atoms with Gasteiger partial charge in [0.1, 0.15) is 0 Å². The summed E-state index contributed by atoms with van der Waals surface area (Å²) in [7, 11) is 0. The number of aliphatic imine (C=N–C) groups is 1. The third kappa shape index (κ3) is 9.41. The van der Waals surface area contributed by atoms with E-state index >= 15 is 0 Å². The van der Waals surface area contributed by atoms with E-state index in [1.54, 1.807) is 0 Å². The Morgan fingerprint density at radius 2 is 1.69 bits per heavy atom. The minimum atomic E-state index is 0.197. The van der Waals surface area contributed by atoms with Gasteiger partial charge in [-0.05, 0) is 45.4 Å². The number of hydrogen-bond acceptors (Lipinski definition) is 3. The van der Waals surface area contributed by atoms with Gasteiger partial charge in [0.15, 0.2) is 5.96 Å². The highest BCUT2D eigenvalue weighted by molar-refractivity contribution is 5.81. The summed E-state index contributed by atoms with van der Waals surface area (Å²) in [6, 6.07) is 0. The van der Waals surface area contributed by atoms with Crippen LogP contribution in [0.25, 0.3) is 0 Å². The van der Waals surface area contributed by atoms with E-state index in [4.69, 9.17) is 4.74 Å². The van der Waals surface area contributed by atoms with E-state index in [2.05, 4.69) is 27.9 Å². The molecule has 0 aromatic carbocycles. The molecule has 0 aliphatic heterocycles. The van der Waals surface area contributed by atoms with Gasteiger partial charge in [-0.1, -0.05) is 25.7 Å². The van der Waals surface area contributed by atoms with Crippen LogP contribution in [0.1, 0.15) is 71.1 Å². The van der Waals surface area contributed by atoms with Crippen LogP contribution < -0.4 is 16.0 Å². The Balaban J connectivity index is 1.50. The first-order valence-corrected chi connectivity index (χ1v) is 10.7. The Morgan fingerprint density at radius 3 is 2.38 bits per heavy atom. The van der Waals surface area contributed by atoms with Crippen molar-refractivity contribution in [3.8, 4) is 0 Å². The smallest absolute Gasteiger partial charge is 0.223 e. The van der Waals surface area contributed by atoms with Crippen molar-refractivity contribution in [2.75, 3.05) is 32.8 Å². The van der Waals surface area contributed by atoms with Crippen LogP contribution in [-0.4, -0.2) is 50.8 Å². The normalized spacial score (nSPS) is 19.0. The summed E-state index contributed by atoms with van der Waals surface area (Å²) in [5, 5.41) is 9.49.